The van der Waals surface area contributed by atoms with Crippen molar-refractivity contribution in [3.63, 3.8) is 0 Å². The van der Waals surface area contributed by atoms with Crippen LogP contribution in [0.4, 0.5) is 5.69 Å². The number of nitrogens with zero attached hydrogens (tertiary/aromatic N) is 1. The van der Waals surface area contributed by atoms with Crippen molar-refractivity contribution in [2.75, 3.05) is 12.4 Å². The highest BCUT2D eigenvalue weighted by Crippen LogP contribution is 2.19. The van der Waals surface area contributed by atoms with Gasteiger partial charge < -0.3 is 14.5 Å². The van der Waals surface area contributed by atoms with Crippen LogP contribution in [0.2, 0.25) is 0 Å². The van der Waals surface area contributed by atoms with Gasteiger partial charge in [0.05, 0.1) is 18.9 Å². The third-order valence-corrected chi connectivity index (χ3v) is 3.29. The Balaban J connectivity index is 1.76. The zero-order valence-corrected chi connectivity index (χ0v) is 12.9. The van der Waals surface area contributed by atoms with Crippen LogP contribution in [-0.2, 0) is 4.74 Å². The maximum Gasteiger partial charge on any atom is 0.337 e. The summed E-state index contributed by atoms with van der Waals surface area (Å²) in [7, 11) is 1.30. The van der Waals surface area contributed by atoms with E-state index in [0.29, 0.717) is 17.1 Å². The molecule has 0 bridgehead atoms. The number of esters is 1. The standard InChI is InChI=1S/C18H14N2O4/c1-23-18(22)13-8-5-9-14(10-13)20-16(21)15-11-19-17(24-15)12-6-3-2-4-7-12/h2-11H,1H3,(H,20,21). The molecule has 0 saturated heterocycles. The number of hydrogen-bond donors (Lipinski definition) is 1. The lowest BCUT2D eigenvalue weighted by Gasteiger charge is -2.05. The SMILES string of the molecule is COC(=O)c1cccc(NC(=O)c2cnc(-c3ccccc3)o2)c1. The zero-order chi connectivity index (χ0) is 16.9. The van der Waals surface area contributed by atoms with Gasteiger partial charge in [0.1, 0.15) is 0 Å². The minimum absolute atomic E-state index is 0.0809. The van der Waals surface area contributed by atoms with Crippen molar-refractivity contribution in [3.8, 4) is 11.5 Å². The lowest BCUT2D eigenvalue weighted by molar-refractivity contribution is 0.0600. The Hall–Kier alpha value is -3.41. The molecule has 0 saturated carbocycles. The highest BCUT2D eigenvalue weighted by atomic mass is 16.5. The van der Waals surface area contributed by atoms with Gasteiger partial charge in [0.2, 0.25) is 11.7 Å². The molecule has 1 N–H and O–H groups in total. The number of hydrogen-bond acceptors (Lipinski definition) is 5. The number of oxazole rings is 1. The van der Waals surface area contributed by atoms with Gasteiger partial charge in [-0.2, -0.15) is 0 Å². The van der Waals surface area contributed by atoms with Crippen LogP contribution in [-0.4, -0.2) is 24.0 Å². The molecule has 6 heteroatoms. The molecule has 3 rings (SSSR count). The van der Waals surface area contributed by atoms with Gasteiger partial charge in [0, 0.05) is 11.3 Å². The van der Waals surface area contributed by atoms with E-state index in [4.69, 9.17) is 4.42 Å². The Labute approximate surface area is 138 Å². The Morgan fingerprint density at radius 2 is 1.88 bits per heavy atom. The third kappa shape index (κ3) is 3.33. The summed E-state index contributed by atoms with van der Waals surface area (Å²) in [6.45, 7) is 0. The average Bonchev–Trinajstić information content (AvgIpc) is 3.12. The number of anilines is 1. The summed E-state index contributed by atoms with van der Waals surface area (Å²) in [5, 5.41) is 2.66. The molecule has 1 heterocycles. The molecule has 1 amide bonds. The number of methoxy groups -OCH3 is 1. The predicted molar refractivity (Wildman–Crippen MR) is 87.7 cm³/mol. The van der Waals surface area contributed by atoms with E-state index in [-0.39, 0.29) is 5.76 Å². The van der Waals surface area contributed by atoms with Crippen molar-refractivity contribution >= 4 is 17.6 Å². The summed E-state index contributed by atoms with van der Waals surface area (Å²) < 4.78 is 10.1. The number of carbonyl (C=O) groups excluding carboxylic acids is 2. The van der Waals surface area contributed by atoms with Crippen LogP contribution >= 0.6 is 0 Å². The lowest BCUT2D eigenvalue weighted by atomic mass is 10.2. The third-order valence-electron chi connectivity index (χ3n) is 3.29. The van der Waals surface area contributed by atoms with Gasteiger partial charge in [-0.05, 0) is 30.3 Å². The van der Waals surface area contributed by atoms with Crippen LogP contribution in [0.15, 0.2) is 65.2 Å². The predicted octanol–water partition coefficient (Wildman–Crippen LogP) is 3.38. The van der Waals surface area contributed by atoms with Crippen molar-refractivity contribution in [2.24, 2.45) is 0 Å². The Morgan fingerprint density at radius 1 is 1.08 bits per heavy atom. The van der Waals surface area contributed by atoms with Gasteiger partial charge in [0.25, 0.3) is 5.91 Å². The number of rotatable bonds is 4. The van der Waals surface area contributed by atoms with E-state index < -0.39 is 11.9 Å². The monoisotopic (exact) mass is 322 g/mol. The number of aromatic nitrogens is 1. The van der Waals surface area contributed by atoms with E-state index in [1.807, 2.05) is 30.3 Å². The molecule has 120 valence electrons. The number of amides is 1. The maximum absolute atomic E-state index is 12.2. The normalized spacial score (nSPS) is 10.2. The van der Waals surface area contributed by atoms with Crippen molar-refractivity contribution in [3.05, 3.63) is 72.1 Å². The van der Waals surface area contributed by atoms with Gasteiger partial charge in [-0.25, -0.2) is 9.78 Å². The molecule has 0 aliphatic carbocycles. The van der Waals surface area contributed by atoms with Crippen LogP contribution in [0, 0.1) is 0 Å². The maximum atomic E-state index is 12.2. The molecule has 1 aromatic heterocycles. The summed E-state index contributed by atoms with van der Waals surface area (Å²) in [5.41, 5.74) is 1.59. The zero-order valence-electron chi connectivity index (χ0n) is 12.9. The highest BCUT2D eigenvalue weighted by molar-refractivity contribution is 6.03. The summed E-state index contributed by atoms with van der Waals surface area (Å²) in [5.74, 6) is -0.481. The molecule has 24 heavy (non-hydrogen) atoms. The molecular weight excluding hydrogens is 308 g/mol. The topological polar surface area (TPSA) is 81.4 Å². The molecule has 0 unspecified atom stereocenters. The van der Waals surface area contributed by atoms with Gasteiger partial charge in [0.15, 0.2) is 0 Å². The second-order valence-corrected chi connectivity index (χ2v) is 4.92. The first-order valence-electron chi connectivity index (χ1n) is 7.18. The van der Waals surface area contributed by atoms with Crippen LogP contribution < -0.4 is 5.32 Å². The van der Waals surface area contributed by atoms with Crippen LogP contribution in [0.1, 0.15) is 20.9 Å². The minimum Gasteiger partial charge on any atom is -0.465 e. The van der Waals surface area contributed by atoms with E-state index in [0.717, 1.165) is 5.56 Å². The van der Waals surface area contributed by atoms with Gasteiger partial charge in [-0.15, -0.1) is 0 Å². The highest BCUT2D eigenvalue weighted by Gasteiger charge is 2.14. The number of benzene rings is 2. The molecule has 2 aromatic carbocycles. The van der Waals surface area contributed by atoms with E-state index in [1.54, 1.807) is 18.2 Å². The molecule has 0 spiro atoms. The fourth-order valence-electron chi connectivity index (χ4n) is 2.13. The molecule has 0 atom stereocenters. The first-order valence-corrected chi connectivity index (χ1v) is 7.18. The molecule has 0 radical (unpaired) electrons. The Bertz CT molecular complexity index is 871. The molecule has 6 nitrogen and oxygen atoms in total. The van der Waals surface area contributed by atoms with Crippen molar-refractivity contribution in [1.82, 2.24) is 4.98 Å². The molecule has 0 aliphatic heterocycles. The van der Waals surface area contributed by atoms with Crippen molar-refractivity contribution in [2.45, 2.75) is 0 Å². The molecule has 3 aromatic rings. The van der Waals surface area contributed by atoms with Crippen molar-refractivity contribution < 1.29 is 18.7 Å². The average molecular weight is 322 g/mol. The first-order chi connectivity index (χ1) is 11.7. The van der Waals surface area contributed by atoms with Gasteiger partial charge in [-0.1, -0.05) is 24.3 Å². The fourth-order valence-corrected chi connectivity index (χ4v) is 2.13. The first kappa shape index (κ1) is 15.5. The Kier molecular flexibility index (Phi) is 4.38. The van der Waals surface area contributed by atoms with Gasteiger partial charge in [-0.3, -0.25) is 4.79 Å². The number of carbonyl (C=O) groups is 2. The number of nitrogens with one attached hydrogen (secondary N) is 1. The van der Waals surface area contributed by atoms with E-state index >= 15 is 0 Å². The van der Waals surface area contributed by atoms with E-state index in [1.165, 1.54) is 19.4 Å². The van der Waals surface area contributed by atoms with Crippen molar-refractivity contribution in [1.29, 1.82) is 0 Å². The minimum atomic E-state index is -0.475. The summed E-state index contributed by atoms with van der Waals surface area (Å²) in [6, 6.07) is 15.7. The molecular formula is C18H14N2O4. The quantitative estimate of drug-likeness (QED) is 0.745. The molecule has 0 fully saturated rings. The smallest absolute Gasteiger partial charge is 0.337 e. The second-order valence-electron chi connectivity index (χ2n) is 4.92. The number of ether oxygens (including phenoxy) is 1. The van der Waals surface area contributed by atoms with E-state index in [9.17, 15) is 9.59 Å². The lowest BCUT2D eigenvalue weighted by Crippen LogP contribution is -2.11. The largest absolute Gasteiger partial charge is 0.465 e. The summed E-state index contributed by atoms with van der Waals surface area (Å²) in [4.78, 5) is 27.9. The van der Waals surface area contributed by atoms with Crippen LogP contribution in [0.3, 0.4) is 0 Å². The van der Waals surface area contributed by atoms with Crippen LogP contribution in [0.25, 0.3) is 11.5 Å². The molecule has 0 aliphatic rings. The summed E-state index contributed by atoms with van der Waals surface area (Å²) >= 11 is 0. The summed E-state index contributed by atoms with van der Waals surface area (Å²) in [6.07, 6.45) is 1.36. The Morgan fingerprint density at radius 3 is 2.62 bits per heavy atom. The fraction of sp³-hybridized carbons (Fsp3) is 0.0556. The van der Waals surface area contributed by atoms with E-state index in [2.05, 4.69) is 15.0 Å². The second kappa shape index (κ2) is 6.78. The van der Waals surface area contributed by atoms with Crippen LogP contribution in [0.5, 0.6) is 0 Å². The van der Waals surface area contributed by atoms with Gasteiger partial charge >= 0.3 is 5.97 Å².